The smallest absolute Gasteiger partial charge is 0.270 e. The number of hydrogen-bond donors (Lipinski definition) is 2. The molecule has 0 bridgehead atoms. The molecule has 4 rings (SSSR count). The molecule has 2 N–H and O–H groups in total. The number of benzene rings is 1. The Kier molecular flexibility index (Phi) is 5.97. The van der Waals surface area contributed by atoms with Crippen LogP contribution >= 0.6 is 0 Å². The van der Waals surface area contributed by atoms with Gasteiger partial charge in [0, 0.05) is 18.7 Å². The third-order valence-electron chi connectivity index (χ3n) is 5.73. The fourth-order valence-electron chi connectivity index (χ4n) is 4.35. The first-order chi connectivity index (χ1) is 14.2. The molecule has 1 aliphatic carbocycles. The van der Waals surface area contributed by atoms with Crippen LogP contribution in [-0.2, 0) is 0 Å². The second kappa shape index (κ2) is 8.80. The van der Waals surface area contributed by atoms with E-state index < -0.39 is 12.2 Å². The summed E-state index contributed by atoms with van der Waals surface area (Å²) in [5.74, 6) is 1.12. The van der Waals surface area contributed by atoms with Crippen LogP contribution in [0.3, 0.4) is 0 Å². The molecular formula is C22H27N3O4. The van der Waals surface area contributed by atoms with Gasteiger partial charge in [-0.15, -0.1) is 0 Å². The van der Waals surface area contributed by atoms with Crippen molar-refractivity contribution in [2.75, 3.05) is 20.2 Å². The molecule has 2 aromatic rings. The van der Waals surface area contributed by atoms with Crippen molar-refractivity contribution in [3.05, 3.63) is 54.4 Å². The van der Waals surface area contributed by atoms with Crippen molar-refractivity contribution >= 4 is 5.91 Å². The van der Waals surface area contributed by atoms with Gasteiger partial charge in [0.25, 0.3) is 5.91 Å². The molecule has 4 atom stereocenters. The predicted octanol–water partition coefficient (Wildman–Crippen LogP) is 1.87. The lowest BCUT2D eigenvalue weighted by atomic mass is 10.1. The van der Waals surface area contributed by atoms with Gasteiger partial charge in [0.1, 0.15) is 29.4 Å². The Hall–Kier alpha value is -2.64. The van der Waals surface area contributed by atoms with E-state index in [1.807, 2.05) is 18.2 Å². The molecule has 2 aliphatic rings. The quantitative estimate of drug-likeness (QED) is 0.774. The van der Waals surface area contributed by atoms with E-state index in [0.29, 0.717) is 23.6 Å². The Balaban J connectivity index is 1.51. The maximum Gasteiger partial charge on any atom is 0.270 e. The summed E-state index contributed by atoms with van der Waals surface area (Å²) in [5.41, 5.74) is 0.374. The van der Waals surface area contributed by atoms with E-state index in [0.717, 1.165) is 25.9 Å². The van der Waals surface area contributed by atoms with Crippen molar-refractivity contribution in [3.8, 4) is 11.5 Å². The maximum atomic E-state index is 12.7. The van der Waals surface area contributed by atoms with Gasteiger partial charge >= 0.3 is 0 Å². The Morgan fingerprint density at radius 2 is 1.97 bits per heavy atom. The predicted molar refractivity (Wildman–Crippen MR) is 108 cm³/mol. The Morgan fingerprint density at radius 3 is 2.69 bits per heavy atom. The molecule has 0 radical (unpaired) electrons. The second-order valence-electron chi connectivity index (χ2n) is 7.59. The molecule has 7 heteroatoms. The number of hydrogen-bond acceptors (Lipinski definition) is 6. The highest BCUT2D eigenvalue weighted by molar-refractivity contribution is 5.92. The molecule has 1 aliphatic heterocycles. The van der Waals surface area contributed by atoms with Crippen molar-refractivity contribution in [1.29, 1.82) is 0 Å². The lowest BCUT2D eigenvalue weighted by Crippen LogP contribution is -2.52. The summed E-state index contributed by atoms with van der Waals surface area (Å²) in [4.78, 5) is 19.1. The fourth-order valence-corrected chi connectivity index (χ4v) is 4.35. The van der Waals surface area contributed by atoms with E-state index in [9.17, 15) is 9.90 Å². The van der Waals surface area contributed by atoms with Crippen LogP contribution in [0.2, 0.25) is 0 Å². The zero-order valence-electron chi connectivity index (χ0n) is 16.5. The summed E-state index contributed by atoms with van der Waals surface area (Å²) in [6.07, 6.45) is 3.22. The summed E-state index contributed by atoms with van der Waals surface area (Å²) in [6, 6.07) is 12.2. The van der Waals surface area contributed by atoms with E-state index in [-0.39, 0.29) is 18.0 Å². The third kappa shape index (κ3) is 4.36. The van der Waals surface area contributed by atoms with Crippen LogP contribution in [0.15, 0.2) is 48.7 Å². The number of nitrogens with zero attached hydrogens (tertiary/aromatic N) is 2. The van der Waals surface area contributed by atoms with Crippen molar-refractivity contribution < 1.29 is 19.4 Å². The minimum absolute atomic E-state index is 0.180. The zero-order valence-corrected chi connectivity index (χ0v) is 16.5. The Labute approximate surface area is 170 Å². The molecule has 154 valence electrons. The summed E-state index contributed by atoms with van der Waals surface area (Å²) in [6.45, 7) is 1.84. The molecule has 1 saturated carbocycles. The molecule has 2 fully saturated rings. The lowest BCUT2D eigenvalue weighted by Gasteiger charge is -2.31. The zero-order chi connectivity index (χ0) is 20.2. The van der Waals surface area contributed by atoms with E-state index in [4.69, 9.17) is 9.47 Å². The number of methoxy groups -OCH3 is 1. The van der Waals surface area contributed by atoms with Crippen LogP contribution in [0.25, 0.3) is 0 Å². The summed E-state index contributed by atoms with van der Waals surface area (Å²) in [5, 5.41) is 14.2. The van der Waals surface area contributed by atoms with Crippen LogP contribution in [0, 0.1) is 0 Å². The molecule has 2 heterocycles. The monoisotopic (exact) mass is 397 g/mol. The van der Waals surface area contributed by atoms with Gasteiger partial charge in [0.05, 0.1) is 19.2 Å². The van der Waals surface area contributed by atoms with E-state index in [1.54, 1.807) is 37.6 Å². The number of nitrogens with one attached hydrogen (secondary N) is 1. The topological polar surface area (TPSA) is 83.9 Å². The molecular weight excluding hydrogens is 370 g/mol. The molecule has 0 unspecified atom stereocenters. The van der Waals surface area contributed by atoms with Gasteiger partial charge in [-0.2, -0.15) is 0 Å². The van der Waals surface area contributed by atoms with Gasteiger partial charge in [-0.25, -0.2) is 0 Å². The molecule has 1 saturated heterocycles. The van der Waals surface area contributed by atoms with Crippen LogP contribution in [0.5, 0.6) is 11.5 Å². The summed E-state index contributed by atoms with van der Waals surface area (Å²) >= 11 is 0. The number of aliphatic hydroxyl groups is 1. The number of rotatable bonds is 6. The first-order valence-corrected chi connectivity index (χ1v) is 10.1. The summed E-state index contributed by atoms with van der Waals surface area (Å²) < 4.78 is 11.4. The number of carbonyl (C=O) groups is 1. The average Bonchev–Trinajstić information content (AvgIpc) is 3.37. The van der Waals surface area contributed by atoms with Crippen molar-refractivity contribution in [2.24, 2.45) is 0 Å². The number of pyridine rings is 1. The van der Waals surface area contributed by atoms with E-state index in [2.05, 4.69) is 15.2 Å². The highest BCUT2D eigenvalue weighted by atomic mass is 16.5. The minimum atomic E-state index is -0.701. The lowest BCUT2D eigenvalue weighted by molar-refractivity contribution is 0.0138. The first kappa shape index (κ1) is 19.7. The van der Waals surface area contributed by atoms with Gasteiger partial charge in [0.15, 0.2) is 0 Å². The number of ether oxygens (including phenoxy) is 2. The van der Waals surface area contributed by atoms with Gasteiger partial charge in [-0.3, -0.25) is 14.7 Å². The number of aliphatic hydroxyl groups excluding tert-OH is 1. The highest BCUT2D eigenvalue weighted by Gasteiger charge is 2.48. The number of likely N-dealkylation sites (tertiary alicyclic amines) is 1. The van der Waals surface area contributed by atoms with Crippen molar-refractivity contribution in [3.63, 3.8) is 0 Å². The normalized spacial score (nSPS) is 27.0. The van der Waals surface area contributed by atoms with Gasteiger partial charge in [0.2, 0.25) is 0 Å². The molecule has 29 heavy (non-hydrogen) atoms. The Morgan fingerprint density at radius 1 is 1.17 bits per heavy atom. The van der Waals surface area contributed by atoms with Crippen LogP contribution in [0.4, 0.5) is 0 Å². The van der Waals surface area contributed by atoms with Crippen LogP contribution in [0.1, 0.15) is 29.8 Å². The second-order valence-corrected chi connectivity index (χ2v) is 7.59. The number of carbonyl (C=O) groups excluding carboxylic acids is 1. The fraction of sp³-hybridized carbons (Fsp3) is 0.455. The molecule has 1 aromatic carbocycles. The third-order valence-corrected chi connectivity index (χ3v) is 5.73. The molecule has 1 aromatic heterocycles. The van der Waals surface area contributed by atoms with E-state index in [1.165, 1.54) is 0 Å². The molecule has 1 amide bonds. The van der Waals surface area contributed by atoms with Crippen molar-refractivity contribution in [2.45, 2.75) is 43.6 Å². The number of aromatic nitrogens is 1. The summed E-state index contributed by atoms with van der Waals surface area (Å²) in [7, 11) is 1.61. The number of amides is 1. The Bertz CT molecular complexity index is 826. The van der Waals surface area contributed by atoms with Gasteiger partial charge < -0.3 is 19.9 Å². The standard InChI is InChI=1S/C22H27N3O4/c1-28-15-7-6-8-16(13-15)29-19-14-18(20(21(19)26)25-11-4-5-12-25)24-22(27)17-9-2-3-10-23-17/h2-3,6-10,13,18-21,26H,4-5,11-12,14H2,1H3,(H,24,27)/t18-,19-,20+,21+/m1/s1. The van der Waals surface area contributed by atoms with Gasteiger partial charge in [-0.05, 0) is 50.2 Å². The largest absolute Gasteiger partial charge is 0.497 e. The highest BCUT2D eigenvalue weighted by Crippen LogP contribution is 2.32. The first-order valence-electron chi connectivity index (χ1n) is 10.1. The molecule has 0 spiro atoms. The van der Waals surface area contributed by atoms with E-state index >= 15 is 0 Å². The average molecular weight is 397 g/mol. The van der Waals surface area contributed by atoms with Crippen LogP contribution < -0.4 is 14.8 Å². The SMILES string of the molecule is COc1cccc(O[C@@H]2C[C@@H](NC(=O)c3ccccn3)[C@H](N3CCCC3)[C@H]2O)c1. The van der Waals surface area contributed by atoms with Crippen molar-refractivity contribution in [1.82, 2.24) is 15.2 Å². The van der Waals surface area contributed by atoms with Crippen LogP contribution in [-0.4, -0.2) is 65.4 Å². The molecule has 7 nitrogen and oxygen atoms in total. The minimum Gasteiger partial charge on any atom is -0.497 e. The van der Waals surface area contributed by atoms with Gasteiger partial charge in [-0.1, -0.05) is 12.1 Å². The maximum absolute atomic E-state index is 12.7.